The van der Waals surface area contributed by atoms with Crippen molar-refractivity contribution >= 4 is 16.8 Å². The number of aryl methyl sites for hydroxylation is 1. The zero-order valence-corrected chi connectivity index (χ0v) is 12.1. The molecule has 1 aromatic carbocycles. The van der Waals surface area contributed by atoms with Crippen LogP contribution in [0.1, 0.15) is 31.7 Å². The van der Waals surface area contributed by atoms with Crippen LogP contribution in [0.3, 0.4) is 0 Å². The van der Waals surface area contributed by atoms with Gasteiger partial charge in [0.05, 0.1) is 0 Å². The second-order valence-corrected chi connectivity index (χ2v) is 5.95. The van der Waals surface area contributed by atoms with Gasteiger partial charge in [-0.1, -0.05) is 25.1 Å². The number of nitrogens with zero attached hydrogens (tertiary/aromatic N) is 1. The van der Waals surface area contributed by atoms with Gasteiger partial charge in [-0.25, -0.2) is 0 Å². The number of hydrogen-bond donors (Lipinski definition) is 1. The Balaban J connectivity index is 1.63. The monoisotopic (exact) mass is 270 g/mol. The topological polar surface area (TPSA) is 36.1 Å². The Morgan fingerprint density at radius 3 is 3.10 bits per heavy atom. The molecule has 1 amide bonds. The molecule has 20 heavy (non-hydrogen) atoms. The van der Waals surface area contributed by atoms with Crippen LogP contribution in [-0.2, 0) is 11.2 Å². The molecular formula is C17H22N2O. The van der Waals surface area contributed by atoms with Crippen molar-refractivity contribution in [2.75, 3.05) is 13.1 Å². The molecule has 106 valence electrons. The third-order valence-corrected chi connectivity index (χ3v) is 4.29. The fourth-order valence-electron chi connectivity index (χ4n) is 3.15. The number of piperidine rings is 1. The molecule has 2 heterocycles. The van der Waals surface area contributed by atoms with Gasteiger partial charge in [0.15, 0.2) is 0 Å². The highest BCUT2D eigenvalue weighted by Gasteiger charge is 2.20. The van der Waals surface area contributed by atoms with Crippen LogP contribution in [0.5, 0.6) is 0 Å². The molecule has 0 unspecified atom stereocenters. The first-order valence-electron chi connectivity index (χ1n) is 7.57. The van der Waals surface area contributed by atoms with E-state index in [0.717, 1.165) is 31.4 Å². The number of benzene rings is 1. The Kier molecular flexibility index (Phi) is 3.77. The van der Waals surface area contributed by atoms with Crippen LogP contribution in [0.2, 0.25) is 0 Å². The predicted molar refractivity (Wildman–Crippen MR) is 81.6 cm³/mol. The van der Waals surface area contributed by atoms with Gasteiger partial charge in [0.1, 0.15) is 0 Å². The van der Waals surface area contributed by atoms with Gasteiger partial charge in [-0.3, -0.25) is 4.79 Å². The fraction of sp³-hybridized carbons (Fsp3) is 0.471. The van der Waals surface area contributed by atoms with Crippen LogP contribution in [-0.4, -0.2) is 28.9 Å². The Labute approximate surface area is 120 Å². The Bertz CT molecular complexity index is 602. The Morgan fingerprint density at radius 1 is 1.40 bits per heavy atom. The van der Waals surface area contributed by atoms with E-state index in [1.54, 1.807) is 0 Å². The summed E-state index contributed by atoms with van der Waals surface area (Å²) in [6, 6.07) is 8.28. The largest absolute Gasteiger partial charge is 0.361 e. The molecule has 0 saturated carbocycles. The molecule has 1 aliphatic heterocycles. The van der Waals surface area contributed by atoms with E-state index < -0.39 is 0 Å². The summed E-state index contributed by atoms with van der Waals surface area (Å²) in [7, 11) is 0. The Morgan fingerprint density at radius 2 is 2.25 bits per heavy atom. The number of aromatic amines is 1. The number of carbonyl (C=O) groups excluding carboxylic acids is 1. The van der Waals surface area contributed by atoms with Gasteiger partial charge >= 0.3 is 0 Å². The number of hydrogen-bond acceptors (Lipinski definition) is 1. The summed E-state index contributed by atoms with van der Waals surface area (Å²) < 4.78 is 0. The second kappa shape index (κ2) is 5.70. The first-order chi connectivity index (χ1) is 9.74. The van der Waals surface area contributed by atoms with E-state index in [4.69, 9.17) is 0 Å². The van der Waals surface area contributed by atoms with Crippen molar-refractivity contribution in [1.29, 1.82) is 0 Å². The first kappa shape index (κ1) is 13.2. The van der Waals surface area contributed by atoms with Crippen molar-refractivity contribution in [2.45, 2.75) is 32.6 Å². The van der Waals surface area contributed by atoms with Crippen molar-refractivity contribution in [3.63, 3.8) is 0 Å². The average Bonchev–Trinajstić information content (AvgIpc) is 2.88. The zero-order chi connectivity index (χ0) is 13.9. The number of fused-ring (bicyclic) bond motifs is 1. The maximum Gasteiger partial charge on any atom is 0.222 e. The minimum atomic E-state index is 0.307. The summed E-state index contributed by atoms with van der Waals surface area (Å²) in [5, 5.41) is 1.24. The van der Waals surface area contributed by atoms with Crippen LogP contribution >= 0.6 is 0 Å². The maximum absolute atomic E-state index is 12.3. The molecule has 0 bridgehead atoms. The smallest absolute Gasteiger partial charge is 0.222 e. The molecule has 1 aliphatic rings. The molecule has 1 aromatic heterocycles. The number of amides is 1. The second-order valence-electron chi connectivity index (χ2n) is 5.95. The van der Waals surface area contributed by atoms with Crippen molar-refractivity contribution < 1.29 is 4.79 Å². The summed E-state index contributed by atoms with van der Waals surface area (Å²) in [5.74, 6) is 0.961. The van der Waals surface area contributed by atoms with Crippen molar-refractivity contribution in [3.05, 3.63) is 36.0 Å². The van der Waals surface area contributed by atoms with E-state index in [9.17, 15) is 4.79 Å². The number of para-hydroxylation sites is 1. The van der Waals surface area contributed by atoms with Gasteiger partial charge in [-0.15, -0.1) is 0 Å². The number of carbonyl (C=O) groups is 1. The summed E-state index contributed by atoms with van der Waals surface area (Å²) in [5.41, 5.74) is 2.40. The van der Waals surface area contributed by atoms with Crippen molar-refractivity contribution in [1.82, 2.24) is 9.88 Å². The molecule has 2 aromatic rings. The van der Waals surface area contributed by atoms with E-state index in [-0.39, 0.29) is 0 Å². The van der Waals surface area contributed by atoms with Gasteiger partial charge in [-0.05, 0) is 36.8 Å². The minimum absolute atomic E-state index is 0.307. The van der Waals surface area contributed by atoms with E-state index in [2.05, 4.69) is 24.0 Å². The third-order valence-electron chi connectivity index (χ3n) is 4.29. The van der Waals surface area contributed by atoms with Crippen LogP contribution < -0.4 is 0 Å². The summed E-state index contributed by atoms with van der Waals surface area (Å²) in [6.45, 7) is 4.11. The third kappa shape index (κ3) is 2.72. The molecule has 3 nitrogen and oxygen atoms in total. The molecular weight excluding hydrogens is 248 g/mol. The lowest BCUT2D eigenvalue weighted by molar-refractivity contribution is -0.132. The van der Waals surface area contributed by atoms with E-state index in [1.807, 2.05) is 23.2 Å². The summed E-state index contributed by atoms with van der Waals surface area (Å²) in [4.78, 5) is 17.6. The SMILES string of the molecule is C[C@H]1CCCN(C(=O)CCc2c[nH]c3ccccc23)C1. The molecule has 1 atom stereocenters. The van der Waals surface area contributed by atoms with Crippen LogP contribution in [0, 0.1) is 5.92 Å². The molecule has 1 N–H and O–H groups in total. The minimum Gasteiger partial charge on any atom is -0.361 e. The molecule has 0 radical (unpaired) electrons. The van der Waals surface area contributed by atoms with E-state index >= 15 is 0 Å². The highest BCUT2D eigenvalue weighted by Crippen LogP contribution is 2.20. The lowest BCUT2D eigenvalue weighted by Crippen LogP contribution is -2.39. The summed E-state index contributed by atoms with van der Waals surface area (Å²) in [6.07, 6.45) is 5.89. The number of nitrogens with one attached hydrogen (secondary N) is 1. The van der Waals surface area contributed by atoms with Crippen LogP contribution in [0.4, 0.5) is 0 Å². The summed E-state index contributed by atoms with van der Waals surface area (Å²) >= 11 is 0. The highest BCUT2D eigenvalue weighted by molar-refractivity contribution is 5.84. The Hall–Kier alpha value is -1.77. The van der Waals surface area contributed by atoms with Gasteiger partial charge in [-0.2, -0.15) is 0 Å². The average molecular weight is 270 g/mol. The number of aromatic nitrogens is 1. The first-order valence-corrected chi connectivity index (χ1v) is 7.57. The quantitative estimate of drug-likeness (QED) is 0.912. The number of H-pyrrole nitrogens is 1. The normalized spacial score (nSPS) is 19.4. The van der Waals surface area contributed by atoms with E-state index in [1.165, 1.54) is 17.4 Å². The standard InChI is InChI=1S/C17H22N2O/c1-13-5-4-10-19(12-13)17(20)9-8-14-11-18-16-7-3-2-6-15(14)16/h2-3,6-7,11,13,18H,4-5,8-10,12H2,1H3/t13-/m0/s1. The van der Waals surface area contributed by atoms with Gasteiger partial charge in [0, 0.05) is 36.6 Å². The van der Waals surface area contributed by atoms with Crippen LogP contribution in [0.25, 0.3) is 10.9 Å². The molecule has 0 aliphatic carbocycles. The molecule has 1 fully saturated rings. The molecule has 3 heteroatoms. The zero-order valence-electron chi connectivity index (χ0n) is 12.1. The fourth-order valence-corrected chi connectivity index (χ4v) is 3.15. The van der Waals surface area contributed by atoms with Crippen molar-refractivity contribution in [3.8, 4) is 0 Å². The van der Waals surface area contributed by atoms with Crippen LogP contribution in [0.15, 0.2) is 30.5 Å². The van der Waals surface area contributed by atoms with E-state index in [0.29, 0.717) is 18.2 Å². The maximum atomic E-state index is 12.3. The highest BCUT2D eigenvalue weighted by atomic mass is 16.2. The molecule has 1 saturated heterocycles. The lowest BCUT2D eigenvalue weighted by Gasteiger charge is -2.31. The molecule has 3 rings (SSSR count). The van der Waals surface area contributed by atoms with Gasteiger partial charge in [0.25, 0.3) is 0 Å². The predicted octanol–water partition coefficient (Wildman–Crippen LogP) is 3.36. The number of likely N-dealkylation sites (tertiary alicyclic amines) is 1. The number of rotatable bonds is 3. The molecule has 0 spiro atoms. The lowest BCUT2D eigenvalue weighted by atomic mass is 9.99. The van der Waals surface area contributed by atoms with Crippen molar-refractivity contribution in [2.24, 2.45) is 5.92 Å². The van der Waals surface area contributed by atoms with Gasteiger partial charge in [0.2, 0.25) is 5.91 Å². The van der Waals surface area contributed by atoms with Gasteiger partial charge < -0.3 is 9.88 Å².